The number of anilines is 2. The Morgan fingerprint density at radius 3 is 2.59 bits per heavy atom. The first kappa shape index (κ1) is 40.6. The normalized spacial score (nSPS) is 25.5. The highest BCUT2D eigenvalue weighted by atomic mass is 32.2. The maximum Gasteiger partial charge on any atom is 0.259 e. The molecule has 312 valence electrons. The summed E-state index contributed by atoms with van der Waals surface area (Å²) in [5, 5.41) is 12.6. The highest BCUT2D eigenvalue weighted by Crippen LogP contribution is 2.46. The minimum absolute atomic E-state index is 0.0942. The number of amides is 3. The van der Waals surface area contributed by atoms with E-state index in [1.807, 2.05) is 86.0 Å². The molecule has 2 aliphatic carbocycles. The number of fused-ring (bicyclic) bond motifs is 3. The van der Waals surface area contributed by atoms with Crippen LogP contribution in [-0.4, -0.2) is 89.7 Å². The highest BCUT2D eigenvalue weighted by molar-refractivity contribution is 7.91. The standard InChI is InChI=1S/C43H51N7O7S2/c1-26(2)44-42-47-36(25-58-42)35-22-38(32-19-16-29(56-3)20-34(32)46-35)57-30-21-37-39(51)48-43(41(53)49-59(54,55)31-17-18-31)23-27(43)12-8-5-4-6-11-15-33(40(52)50(37)24-30)45-28-13-9-7-10-14-28/h7-10,12-14,16,19-20,22,25-27,30-31,33,37,45H,4-6,11,15,17-18,21,23-24H2,1-3H3,(H,44,47)(H,48,51)(H,49,53)/b12-8-/t27-,30+,33-,37-,43+/m0/s1. The number of rotatable bonds is 11. The molecule has 4 N–H and O–H groups in total. The van der Waals surface area contributed by atoms with Crippen LogP contribution in [0.2, 0.25) is 0 Å². The number of thiazole rings is 1. The number of hydrogen-bond donors (Lipinski definition) is 4. The van der Waals surface area contributed by atoms with E-state index in [9.17, 15) is 22.8 Å². The molecule has 0 radical (unpaired) electrons. The number of methoxy groups -OCH3 is 1. The lowest BCUT2D eigenvalue weighted by atomic mass is 10.0. The molecule has 14 nitrogen and oxygen atoms in total. The van der Waals surface area contributed by atoms with Gasteiger partial charge in [-0.3, -0.25) is 19.1 Å². The fourth-order valence-electron chi connectivity index (χ4n) is 8.00. The molecule has 4 heterocycles. The van der Waals surface area contributed by atoms with Crippen LogP contribution in [0.3, 0.4) is 0 Å². The molecular weight excluding hydrogens is 791 g/mol. The Hall–Kier alpha value is -5.22. The minimum Gasteiger partial charge on any atom is -0.497 e. The number of nitrogens with zero attached hydrogens (tertiary/aromatic N) is 3. The molecule has 1 saturated heterocycles. The third-order valence-corrected chi connectivity index (χ3v) is 14.0. The number of aromatic nitrogens is 2. The first-order chi connectivity index (χ1) is 28.4. The zero-order valence-corrected chi connectivity index (χ0v) is 35.1. The van der Waals surface area contributed by atoms with Crippen LogP contribution in [0.15, 0.2) is 72.1 Å². The highest BCUT2D eigenvalue weighted by Gasteiger charge is 2.62. The Kier molecular flexibility index (Phi) is 11.5. The van der Waals surface area contributed by atoms with Crippen LogP contribution >= 0.6 is 11.3 Å². The van der Waals surface area contributed by atoms with Crippen LogP contribution in [0.4, 0.5) is 10.8 Å². The topological polar surface area (TPSA) is 181 Å². The number of pyridine rings is 1. The van der Waals surface area contributed by atoms with Crippen LogP contribution in [0.5, 0.6) is 11.5 Å². The fraction of sp³-hybridized carbons (Fsp3) is 0.465. The number of carbonyl (C=O) groups is 3. The van der Waals surface area contributed by atoms with E-state index in [2.05, 4.69) is 20.7 Å². The number of para-hydroxylation sites is 1. The van der Waals surface area contributed by atoms with Gasteiger partial charge in [0.15, 0.2) is 5.13 Å². The van der Waals surface area contributed by atoms with Gasteiger partial charge in [-0.15, -0.1) is 11.3 Å². The van der Waals surface area contributed by atoms with E-state index >= 15 is 0 Å². The van der Waals surface area contributed by atoms with Gasteiger partial charge in [-0.1, -0.05) is 43.2 Å². The number of nitrogens with one attached hydrogen (secondary N) is 4. The molecule has 0 spiro atoms. The van der Waals surface area contributed by atoms with Gasteiger partial charge in [0.1, 0.15) is 40.9 Å². The number of ether oxygens (including phenoxy) is 2. The van der Waals surface area contributed by atoms with Crippen molar-refractivity contribution in [2.45, 2.75) is 107 Å². The molecule has 59 heavy (non-hydrogen) atoms. The Balaban J connectivity index is 1.13. The molecular formula is C43H51N7O7S2. The van der Waals surface area contributed by atoms with Crippen molar-refractivity contribution in [2.24, 2.45) is 5.92 Å². The summed E-state index contributed by atoms with van der Waals surface area (Å²) in [6, 6.07) is 15.4. The van der Waals surface area contributed by atoms with Gasteiger partial charge in [0.05, 0.1) is 30.1 Å². The summed E-state index contributed by atoms with van der Waals surface area (Å²) in [5.74, 6) is -0.804. The van der Waals surface area contributed by atoms with E-state index in [1.54, 1.807) is 12.0 Å². The summed E-state index contributed by atoms with van der Waals surface area (Å²) < 4.78 is 40.5. The van der Waals surface area contributed by atoms with Gasteiger partial charge in [0.25, 0.3) is 5.91 Å². The fourth-order valence-corrected chi connectivity index (χ4v) is 10.2. The molecule has 5 atom stereocenters. The summed E-state index contributed by atoms with van der Waals surface area (Å²) in [5.41, 5.74) is 1.20. The Morgan fingerprint density at radius 1 is 1.02 bits per heavy atom. The number of hydrogen-bond acceptors (Lipinski definition) is 12. The van der Waals surface area contributed by atoms with Crippen molar-refractivity contribution in [1.29, 1.82) is 0 Å². The van der Waals surface area contributed by atoms with Crippen LogP contribution in [0.25, 0.3) is 22.3 Å². The second-order valence-corrected chi connectivity index (χ2v) is 19.1. The summed E-state index contributed by atoms with van der Waals surface area (Å²) in [6.45, 7) is 4.18. The predicted molar refractivity (Wildman–Crippen MR) is 228 cm³/mol. The third-order valence-electron chi connectivity index (χ3n) is 11.4. The first-order valence-corrected chi connectivity index (χ1v) is 22.9. The molecule has 3 amide bonds. The lowest BCUT2D eigenvalue weighted by Gasteiger charge is -2.30. The Labute approximate surface area is 348 Å². The zero-order valence-electron chi connectivity index (χ0n) is 33.5. The summed E-state index contributed by atoms with van der Waals surface area (Å²) in [7, 11) is -2.28. The summed E-state index contributed by atoms with van der Waals surface area (Å²) >= 11 is 1.48. The van der Waals surface area contributed by atoms with Crippen LogP contribution in [-0.2, 0) is 24.4 Å². The average Bonchev–Trinajstić information content (AvgIpc) is 4.10. The number of sulfonamides is 1. The molecule has 2 aromatic heterocycles. The molecule has 0 unspecified atom stereocenters. The molecule has 0 bridgehead atoms. The van der Waals surface area contributed by atoms with Gasteiger partial charge < -0.3 is 30.3 Å². The van der Waals surface area contributed by atoms with Gasteiger partial charge in [0, 0.05) is 47.0 Å². The van der Waals surface area contributed by atoms with Gasteiger partial charge >= 0.3 is 0 Å². The monoisotopic (exact) mass is 841 g/mol. The van der Waals surface area contributed by atoms with E-state index in [4.69, 9.17) is 19.4 Å². The van der Waals surface area contributed by atoms with Crippen molar-refractivity contribution in [1.82, 2.24) is 24.9 Å². The minimum atomic E-state index is -3.88. The van der Waals surface area contributed by atoms with Crippen molar-refractivity contribution < 1.29 is 32.3 Å². The molecule has 4 aliphatic rings. The van der Waals surface area contributed by atoms with Gasteiger partial charge in [-0.05, 0) is 76.6 Å². The SMILES string of the molecule is COc1ccc2c(O[C@@H]3C[C@H]4C(=O)N[C@]5(C(=O)NS(=O)(=O)C6CC6)C[C@@H]5/C=C\CCCCC[C@H](Nc5ccccc5)C(=O)N4C3)cc(-c3csc(NC(C)C)n3)nc2c1. The van der Waals surface area contributed by atoms with Crippen molar-refractivity contribution in [3.8, 4) is 22.9 Å². The van der Waals surface area contributed by atoms with E-state index in [1.165, 1.54) is 11.3 Å². The second-order valence-electron chi connectivity index (χ2n) is 16.3. The third kappa shape index (κ3) is 9.03. The molecule has 3 fully saturated rings. The zero-order chi connectivity index (χ0) is 41.3. The molecule has 2 aliphatic heterocycles. The molecule has 8 rings (SSSR count). The molecule has 16 heteroatoms. The van der Waals surface area contributed by atoms with Crippen molar-refractivity contribution in [3.63, 3.8) is 0 Å². The molecule has 4 aromatic rings. The van der Waals surface area contributed by atoms with E-state index in [-0.39, 0.29) is 31.3 Å². The molecule has 2 saturated carbocycles. The second kappa shape index (κ2) is 16.8. The molecule has 2 aromatic carbocycles. The van der Waals surface area contributed by atoms with Gasteiger partial charge in [-0.25, -0.2) is 18.4 Å². The van der Waals surface area contributed by atoms with E-state index in [0.717, 1.165) is 36.5 Å². The first-order valence-electron chi connectivity index (χ1n) is 20.5. The maximum atomic E-state index is 14.8. The lowest BCUT2D eigenvalue weighted by molar-refractivity contribution is -0.140. The van der Waals surface area contributed by atoms with Crippen molar-refractivity contribution in [2.75, 3.05) is 24.3 Å². The van der Waals surface area contributed by atoms with Crippen LogP contribution in [0.1, 0.15) is 71.6 Å². The van der Waals surface area contributed by atoms with Gasteiger partial charge in [-0.2, -0.15) is 0 Å². The van der Waals surface area contributed by atoms with E-state index in [0.29, 0.717) is 53.1 Å². The maximum absolute atomic E-state index is 14.8. The van der Waals surface area contributed by atoms with Crippen LogP contribution < -0.4 is 30.1 Å². The Bertz CT molecular complexity index is 2350. The number of allylic oxidation sites excluding steroid dienone is 1. The van der Waals surface area contributed by atoms with Crippen molar-refractivity contribution in [3.05, 3.63) is 72.1 Å². The summed E-state index contributed by atoms with van der Waals surface area (Å²) in [4.78, 5) is 54.6. The number of carbonyl (C=O) groups excluding carboxylic acids is 3. The quantitative estimate of drug-likeness (QED) is 0.130. The summed E-state index contributed by atoms with van der Waals surface area (Å²) in [6.07, 6.45) is 8.50. The predicted octanol–water partition coefficient (Wildman–Crippen LogP) is 6.02. The lowest BCUT2D eigenvalue weighted by Crippen LogP contribution is -2.57. The number of benzene rings is 2. The average molecular weight is 842 g/mol. The largest absolute Gasteiger partial charge is 0.497 e. The van der Waals surface area contributed by atoms with Crippen molar-refractivity contribution >= 4 is 60.8 Å². The smallest absolute Gasteiger partial charge is 0.259 e. The van der Waals surface area contributed by atoms with Crippen LogP contribution in [0, 0.1) is 5.92 Å². The van der Waals surface area contributed by atoms with E-state index < -0.39 is 56.7 Å². The Morgan fingerprint density at radius 2 is 1.83 bits per heavy atom. The van der Waals surface area contributed by atoms with Gasteiger partial charge in [0.2, 0.25) is 21.8 Å².